The Labute approximate surface area is 156 Å². The molecule has 0 aliphatic carbocycles. The minimum Gasteiger partial charge on any atom is -0.334 e. The van der Waals surface area contributed by atoms with Gasteiger partial charge in [-0.05, 0) is 25.3 Å². The van der Waals surface area contributed by atoms with Gasteiger partial charge >= 0.3 is 11.8 Å². The van der Waals surface area contributed by atoms with Crippen LogP contribution in [0, 0.1) is 6.92 Å². The number of aryl methyl sites for hydroxylation is 1. The van der Waals surface area contributed by atoms with Crippen LogP contribution in [-0.2, 0) is 15.0 Å². The summed E-state index contributed by atoms with van der Waals surface area (Å²) in [6, 6.07) is 0.272. The summed E-state index contributed by atoms with van der Waals surface area (Å²) in [6.45, 7) is 9.16. The molecule has 1 saturated heterocycles. The van der Waals surface area contributed by atoms with E-state index in [0.717, 1.165) is 23.4 Å². The van der Waals surface area contributed by atoms with Crippen molar-refractivity contribution < 1.29 is 9.59 Å². The summed E-state index contributed by atoms with van der Waals surface area (Å²) >= 11 is 1.30. The highest BCUT2D eigenvalue weighted by atomic mass is 32.1. The van der Waals surface area contributed by atoms with Crippen molar-refractivity contribution in [3.8, 4) is 0 Å². The second kappa shape index (κ2) is 7.14. The average molecular weight is 376 g/mol. The van der Waals surface area contributed by atoms with Gasteiger partial charge in [-0.15, -0.1) is 10.2 Å². The van der Waals surface area contributed by atoms with E-state index in [0.29, 0.717) is 18.2 Å². The number of amides is 2. The summed E-state index contributed by atoms with van der Waals surface area (Å²) in [6.07, 6.45) is 5.41. The van der Waals surface area contributed by atoms with Crippen LogP contribution in [0.2, 0.25) is 0 Å². The van der Waals surface area contributed by atoms with E-state index in [4.69, 9.17) is 0 Å². The summed E-state index contributed by atoms with van der Waals surface area (Å²) in [5, 5.41) is 16.1. The van der Waals surface area contributed by atoms with Crippen molar-refractivity contribution >= 4 is 28.3 Å². The van der Waals surface area contributed by atoms with Crippen LogP contribution >= 0.6 is 11.3 Å². The van der Waals surface area contributed by atoms with Gasteiger partial charge in [0.2, 0.25) is 5.13 Å². The number of carbonyl (C=O) groups is 2. The SMILES string of the molecule is Cc1cnn(C2CCN(C(=O)C(=O)Nc3nnc(C(C)(C)C)s3)CC2)c1. The molecule has 9 heteroatoms. The molecule has 140 valence electrons. The summed E-state index contributed by atoms with van der Waals surface area (Å²) in [5.41, 5.74) is 0.978. The first-order valence-corrected chi connectivity index (χ1v) is 9.50. The zero-order chi connectivity index (χ0) is 18.9. The van der Waals surface area contributed by atoms with Gasteiger partial charge in [0, 0.05) is 24.7 Å². The fraction of sp³-hybridized carbons (Fsp3) is 0.588. The molecule has 0 spiro atoms. The van der Waals surface area contributed by atoms with Crippen molar-refractivity contribution in [2.75, 3.05) is 18.4 Å². The van der Waals surface area contributed by atoms with Gasteiger partial charge < -0.3 is 4.90 Å². The fourth-order valence-electron chi connectivity index (χ4n) is 2.84. The van der Waals surface area contributed by atoms with Crippen molar-refractivity contribution in [3.63, 3.8) is 0 Å². The molecule has 1 aliphatic rings. The molecular formula is C17H24N6O2S. The van der Waals surface area contributed by atoms with Crippen LogP contribution < -0.4 is 5.32 Å². The first-order valence-electron chi connectivity index (χ1n) is 8.69. The monoisotopic (exact) mass is 376 g/mol. The molecular weight excluding hydrogens is 352 g/mol. The second-order valence-electron chi connectivity index (χ2n) is 7.64. The Morgan fingerprint density at radius 3 is 2.46 bits per heavy atom. The number of rotatable bonds is 2. The van der Waals surface area contributed by atoms with Gasteiger partial charge in [0.1, 0.15) is 5.01 Å². The van der Waals surface area contributed by atoms with E-state index in [1.54, 1.807) is 4.90 Å². The van der Waals surface area contributed by atoms with Gasteiger partial charge in [-0.2, -0.15) is 5.10 Å². The van der Waals surface area contributed by atoms with Gasteiger partial charge in [0.25, 0.3) is 0 Å². The van der Waals surface area contributed by atoms with Crippen LogP contribution in [-0.4, -0.2) is 49.8 Å². The minimum absolute atomic E-state index is 0.141. The molecule has 0 unspecified atom stereocenters. The third-order valence-corrected chi connectivity index (χ3v) is 5.60. The van der Waals surface area contributed by atoms with Crippen LogP contribution in [0.1, 0.15) is 50.2 Å². The maximum Gasteiger partial charge on any atom is 0.315 e. The summed E-state index contributed by atoms with van der Waals surface area (Å²) < 4.78 is 1.95. The summed E-state index contributed by atoms with van der Waals surface area (Å²) in [7, 11) is 0. The zero-order valence-corrected chi connectivity index (χ0v) is 16.3. The standard InChI is InChI=1S/C17H24N6O2S/c1-11-9-18-23(10-11)12-5-7-22(8-6-12)14(25)13(24)19-16-21-20-15(26-16)17(2,3)4/h9-10,12H,5-8H2,1-4H3,(H,19,21,24). The van der Waals surface area contributed by atoms with Crippen LogP contribution in [0.4, 0.5) is 5.13 Å². The number of likely N-dealkylation sites (tertiary alicyclic amines) is 1. The van der Waals surface area contributed by atoms with E-state index in [1.807, 2.05) is 44.8 Å². The molecule has 1 fully saturated rings. The average Bonchev–Trinajstić information content (AvgIpc) is 3.23. The Kier molecular flexibility index (Phi) is 5.08. The van der Waals surface area contributed by atoms with Crippen LogP contribution in [0.15, 0.2) is 12.4 Å². The van der Waals surface area contributed by atoms with Crippen LogP contribution in [0.25, 0.3) is 0 Å². The Hall–Kier alpha value is -2.29. The van der Waals surface area contributed by atoms with E-state index >= 15 is 0 Å². The molecule has 0 atom stereocenters. The highest BCUT2D eigenvalue weighted by molar-refractivity contribution is 7.15. The molecule has 26 heavy (non-hydrogen) atoms. The predicted octanol–water partition coefficient (Wildman–Crippen LogP) is 2.14. The molecule has 2 amide bonds. The molecule has 0 saturated carbocycles. The number of hydrogen-bond acceptors (Lipinski definition) is 6. The van der Waals surface area contributed by atoms with Crippen molar-refractivity contribution in [1.82, 2.24) is 24.9 Å². The van der Waals surface area contributed by atoms with E-state index in [-0.39, 0.29) is 11.5 Å². The van der Waals surface area contributed by atoms with Crippen LogP contribution in [0.3, 0.4) is 0 Å². The lowest BCUT2D eigenvalue weighted by atomic mass is 9.98. The summed E-state index contributed by atoms with van der Waals surface area (Å²) in [4.78, 5) is 26.2. The van der Waals surface area contributed by atoms with Gasteiger partial charge in [-0.1, -0.05) is 32.1 Å². The third-order valence-electron chi connectivity index (χ3n) is 4.34. The summed E-state index contributed by atoms with van der Waals surface area (Å²) in [5.74, 6) is -1.18. The smallest absolute Gasteiger partial charge is 0.315 e. The normalized spacial score (nSPS) is 15.9. The molecule has 2 aromatic rings. The predicted molar refractivity (Wildman–Crippen MR) is 99.1 cm³/mol. The number of nitrogens with zero attached hydrogens (tertiary/aromatic N) is 5. The van der Waals surface area contributed by atoms with Gasteiger partial charge in [-0.25, -0.2) is 0 Å². The third kappa shape index (κ3) is 4.09. The van der Waals surface area contributed by atoms with Crippen molar-refractivity contribution in [3.05, 3.63) is 23.0 Å². The fourth-order valence-corrected chi connectivity index (χ4v) is 3.63. The maximum absolute atomic E-state index is 12.4. The highest BCUT2D eigenvalue weighted by Gasteiger charge is 2.29. The molecule has 0 aromatic carbocycles. The minimum atomic E-state index is -0.657. The Balaban J connectivity index is 1.54. The van der Waals surface area contributed by atoms with Crippen molar-refractivity contribution in [2.45, 2.75) is 52.0 Å². The zero-order valence-electron chi connectivity index (χ0n) is 15.5. The highest BCUT2D eigenvalue weighted by Crippen LogP contribution is 2.28. The van der Waals surface area contributed by atoms with Crippen molar-refractivity contribution in [1.29, 1.82) is 0 Å². The quantitative estimate of drug-likeness (QED) is 0.811. The number of aromatic nitrogens is 4. The van der Waals surface area contributed by atoms with E-state index < -0.39 is 11.8 Å². The molecule has 3 heterocycles. The van der Waals surface area contributed by atoms with E-state index in [2.05, 4.69) is 20.6 Å². The molecule has 0 radical (unpaired) electrons. The molecule has 1 N–H and O–H groups in total. The van der Waals surface area contributed by atoms with Crippen molar-refractivity contribution in [2.24, 2.45) is 0 Å². The molecule has 3 rings (SSSR count). The topological polar surface area (TPSA) is 93.0 Å². The molecule has 8 nitrogen and oxygen atoms in total. The Morgan fingerprint density at radius 2 is 1.92 bits per heavy atom. The largest absolute Gasteiger partial charge is 0.334 e. The molecule has 1 aliphatic heterocycles. The van der Waals surface area contributed by atoms with E-state index in [1.165, 1.54) is 11.3 Å². The number of nitrogens with one attached hydrogen (secondary N) is 1. The number of anilines is 1. The lowest BCUT2D eigenvalue weighted by Crippen LogP contribution is -2.44. The number of carbonyl (C=O) groups excluding carboxylic acids is 2. The van der Waals surface area contributed by atoms with Gasteiger partial charge in [-0.3, -0.25) is 19.6 Å². The van der Waals surface area contributed by atoms with Gasteiger partial charge in [0.05, 0.1) is 12.2 Å². The Morgan fingerprint density at radius 1 is 1.23 bits per heavy atom. The molecule has 0 bridgehead atoms. The second-order valence-corrected chi connectivity index (χ2v) is 8.62. The Bertz CT molecular complexity index is 798. The maximum atomic E-state index is 12.4. The lowest BCUT2D eigenvalue weighted by molar-refractivity contribution is -0.144. The lowest BCUT2D eigenvalue weighted by Gasteiger charge is -2.31. The van der Waals surface area contributed by atoms with Crippen LogP contribution in [0.5, 0.6) is 0 Å². The first kappa shape index (κ1) is 18.5. The number of piperidine rings is 1. The molecule has 2 aromatic heterocycles. The first-order chi connectivity index (χ1) is 12.2. The van der Waals surface area contributed by atoms with E-state index in [9.17, 15) is 9.59 Å². The van der Waals surface area contributed by atoms with Gasteiger partial charge in [0.15, 0.2) is 0 Å². The number of hydrogen-bond donors (Lipinski definition) is 1.